The fourth-order valence-corrected chi connectivity index (χ4v) is 2.01. The summed E-state index contributed by atoms with van der Waals surface area (Å²) in [5.74, 6) is -2.52. The van der Waals surface area contributed by atoms with Crippen LogP contribution in [0.2, 0.25) is 0 Å². The molecule has 1 saturated heterocycles. The molecule has 18 heavy (non-hydrogen) atoms. The number of nitrogens with zero attached hydrogens (tertiary/aromatic N) is 2. The van der Waals surface area contributed by atoms with E-state index in [1.165, 1.54) is 0 Å². The van der Waals surface area contributed by atoms with Crippen LogP contribution in [0, 0.1) is 19.8 Å². The van der Waals surface area contributed by atoms with Gasteiger partial charge in [-0.25, -0.2) is 13.8 Å². The van der Waals surface area contributed by atoms with Gasteiger partial charge in [0.2, 0.25) is 5.88 Å². The molecule has 4 nitrogen and oxygen atoms in total. The first-order valence-electron chi connectivity index (χ1n) is 6.01. The summed E-state index contributed by atoms with van der Waals surface area (Å²) in [7, 11) is 0. The number of piperidine rings is 1. The highest BCUT2D eigenvalue weighted by molar-refractivity contribution is 5.14. The van der Waals surface area contributed by atoms with E-state index in [9.17, 15) is 8.78 Å². The Kier molecular flexibility index (Phi) is 3.75. The zero-order chi connectivity index (χ0) is 13.2. The van der Waals surface area contributed by atoms with Crippen LogP contribution in [0.15, 0.2) is 6.07 Å². The van der Waals surface area contributed by atoms with Gasteiger partial charge < -0.3 is 10.1 Å². The van der Waals surface area contributed by atoms with Crippen molar-refractivity contribution >= 4 is 0 Å². The van der Waals surface area contributed by atoms with Crippen LogP contribution in [-0.4, -0.2) is 35.6 Å². The van der Waals surface area contributed by atoms with Gasteiger partial charge in [-0.3, -0.25) is 0 Å². The minimum absolute atomic E-state index is 0.0319. The van der Waals surface area contributed by atoms with Crippen LogP contribution >= 0.6 is 0 Å². The lowest BCUT2D eigenvalue weighted by Gasteiger charge is -2.31. The lowest BCUT2D eigenvalue weighted by Crippen LogP contribution is -2.47. The summed E-state index contributed by atoms with van der Waals surface area (Å²) in [6.45, 7) is 4.16. The van der Waals surface area contributed by atoms with Crippen LogP contribution in [0.5, 0.6) is 5.88 Å². The third-order valence-corrected chi connectivity index (χ3v) is 3.00. The summed E-state index contributed by atoms with van der Waals surface area (Å²) < 4.78 is 32.5. The standard InChI is InChI=1S/C12H17F2N3O/c1-8-5-11(17-9(2)16-8)18-7-10-6-15-4-3-12(10,13)14/h5,10,15H,3-4,6-7H2,1-2H3. The zero-order valence-corrected chi connectivity index (χ0v) is 10.5. The van der Waals surface area contributed by atoms with Crippen LogP contribution in [0.25, 0.3) is 0 Å². The minimum Gasteiger partial charge on any atom is -0.477 e. The molecule has 1 unspecified atom stereocenters. The first-order chi connectivity index (χ1) is 8.47. The largest absolute Gasteiger partial charge is 0.477 e. The SMILES string of the molecule is Cc1cc(OCC2CNCCC2(F)F)nc(C)n1. The van der Waals surface area contributed by atoms with Crippen molar-refractivity contribution in [1.82, 2.24) is 15.3 Å². The number of nitrogens with one attached hydrogen (secondary N) is 1. The van der Waals surface area contributed by atoms with Gasteiger partial charge in [0.15, 0.2) is 0 Å². The molecule has 1 fully saturated rings. The summed E-state index contributed by atoms with van der Waals surface area (Å²) in [6.07, 6.45) is -0.136. The molecule has 6 heteroatoms. The molecule has 2 rings (SSSR count). The van der Waals surface area contributed by atoms with Crippen LogP contribution in [0.1, 0.15) is 17.9 Å². The van der Waals surface area contributed by atoms with E-state index in [0.717, 1.165) is 5.69 Å². The van der Waals surface area contributed by atoms with Crippen LogP contribution in [0.3, 0.4) is 0 Å². The molecular weight excluding hydrogens is 240 g/mol. The number of halogens is 2. The number of aromatic nitrogens is 2. The first-order valence-corrected chi connectivity index (χ1v) is 6.01. The van der Waals surface area contributed by atoms with E-state index in [4.69, 9.17) is 4.74 Å². The molecule has 1 N–H and O–H groups in total. The smallest absolute Gasteiger partial charge is 0.256 e. The molecule has 100 valence electrons. The van der Waals surface area contributed by atoms with Crippen molar-refractivity contribution in [1.29, 1.82) is 0 Å². The highest BCUT2D eigenvalue weighted by Crippen LogP contribution is 2.30. The first kappa shape index (κ1) is 13.1. The molecule has 0 bridgehead atoms. The maximum absolute atomic E-state index is 13.6. The Morgan fingerprint density at radius 1 is 1.44 bits per heavy atom. The van der Waals surface area contributed by atoms with E-state index in [2.05, 4.69) is 15.3 Å². The number of alkyl halides is 2. The predicted molar refractivity (Wildman–Crippen MR) is 62.9 cm³/mol. The molecule has 0 aliphatic carbocycles. The summed E-state index contributed by atoms with van der Waals surface area (Å²) in [6, 6.07) is 1.65. The van der Waals surface area contributed by atoms with E-state index in [-0.39, 0.29) is 19.6 Å². The highest BCUT2D eigenvalue weighted by atomic mass is 19.3. The Bertz CT molecular complexity index is 406. The number of hydrogen-bond donors (Lipinski definition) is 1. The summed E-state index contributed by atoms with van der Waals surface area (Å²) >= 11 is 0. The second kappa shape index (κ2) is 5.14. The van der Waals surface area contributed by atoms with Crippen molar-refractivity contribution in [3.8, 4) is 5.88 Å². The van der Waals surface area contributed by atoms with Gasteiger partial charge in [0, 0.05) is 31.3 Å². The van der Waals surface area contributed by atoms with Crippen molar-refractivity contribution in [2.45, 2.75) is 26.2 Å². The zero-order valence-electron chi connectivity index (χ0n) is 10.5. The molecule has 0 aromatic carbocycles. The van der Waals surface area contributed by atoms with Gasteiger partial charge in [-0.1, -0.05) is 0 Å². The summed E-state index contributed by atoms with van der Waals surface area (Å²) in [4.78, 5) is 8.17. The second-order valence-electron chi connectivity index (χ2n) is 4.62. The lowest BCUT2D eigenvalue weighted by molar-refractivity contribution is -0.0908. The van der Waals surface area contributed by atoms with E-state index in [1.807, 2.05) is 6.92 Å². The summed E-state index contributed by atoms with van der Waals surface area (Å²) in [5, 5.41) is 2.96. The van der Waals surface area contributed by atoms with Gasteiger partial charge >= 0.3 is 0 Å². The molecule has 0 saturated carbocycles. The normalized spacial score (nSPS) is 22.8. The topological polar surface area (TPSA) is 47.0 Å². The second-order valence-corrected chi connectivity index (χ2v) is 4.62. The van der Waals surface area contributed by atoms with E-state index in [1.54, 1.807) is 13.0 Å². The van der Waals surface area contributed by atoms with E-state index in [0.29, 0.717) is 18.2 Å². The predicted octanol–water partition coefficient (Wildman–Crippen LogP) is 1.72. The lowest BCUT2D eigenvalue weighted by atomic mass is 9.96. The average molecular weight is 257 g/mol. The molecule has 1 aromatic rings. The quantitative estimate of drug-likeness (QED) is 0.895. The Balaban J connectivity index is 1.98. The summed E-state index contributed by atoms with van der Waals surface area (Å²) in [5.41, 5.74) is 0.769. The van der Waals surface area contributed by atoms with Crippen molar-refractivity contribution in [3.05, 3.63) is 17.6 Å². The molecule has 0 amide bonds. The Morgan fingerprint density at radius 2 is 2.22 bits per heavy atom. The molecule has 0 radical (unpaired) electrons. The number of ether oxygens (including phenoxy) is 1. The Morgan fingerprint density at radius 3 is 2.89 bits per heavy atom. The van der Waals surface area contributed by atoms with Crippen molar-refractivity contribution in [3.63, 3.8) is 0 Å². The molecular formula is C12H17F2N3O. The average Bonchev–Trinajstić information content (AvgIpc) is 2.25. The number of rotatable bonds is 3. The van der Waals surface area contributed by atoms with E-state index < -0.39 is 11.8 Å². The van der Waals surface area contributed by atoms with Gasteiger partial charge in [0.05, 0.1) is 12.5 Å². The van der Waals surface area contributed by atoms with Crippen molar-refractivity contribution < 1.29 is 13.5 Å². The monoisotopic (exact) mass is 257 g/mol. The minimum atomic E-state index is -2.66. The van der Waals surface area contributed by atoms with Crippen molar-refractivity contribution in [2.24, 2.45) is 5.92 Å². The molecule has 0 spiro atoms. The van der Waals surface area contributed by atoms with Crippen LogP contribution in [0.4, 0.5) is 8.78 Å². The van der Waals surface area contributed by atoms with Gasteiger partial charge in [-0.2, -0.15) is 4.98 Å². The Labute approximate surface area is 105 Å². The van der Waals surface area contributed by atoms with Gasteiger partial charge in [-0.15, -0.1) is 0 Å². The van der Waals surface area contributed by atoms with Crippen LogP contribution < -0.4 is 10.1 Å². The van der Waals surface area contributed by atoms with Gasteiger partial charge in [0.25, 0.3) is 5.92 Å². The third-order valence-electron chi connectivity index (χ3n) is 3.00. The maximum atomic E-state index is 13.6. The molecule has 1 aliphatic rings. The van der Waals surface area contributed by atoms with Gasteiger partial charge in [-0.05, 0) is 13.8 Å². The van der Waals surface area contributed by atoms with E-state index >= 15 is 0 Å². The molecule has 1 aromatic heterocycles. The fourth-order valence-electron chi connectivity index (χ4n) is 2.01. The maximum Gasteiger partial charge on any atom is 0.256 e. The van der Waals surface area contributed by atoms with Crippen LogP contribution in [-0.2, 0) is 0 Å². The van der Waals surface area contributed by atoms with Crippen molar-refractivity contribution in [2.75, 3.05) is 19.7 Å². The fraction of sp³-hybridized carbons (Fsp3) is 0.667. The molecule has 1 atom stereocenters. The third kappa shape index (κ3) is 3.13. The number of hydrogen-bond acceptors (Lipinski definition) is 4. The Hall–Kier alpha value is -1.30. The van der Waals surface area contributed by atoms with Gasteiger partial charge in [0.1, 0.15) is 5.82 Å². The molecule has 2 heterocycles. The number of aryl methyl sites for hydroxylation is 2. The highest BCUT2D eigenvalue weighted by Gasteiger charge is 2.41. The molecule has 1 aliphatic heterocycles.